The molecule has 1 aromatic carbocycles. The number of nitrogens with zero attached hydrogens (tertiary/aromatic N) is 3. The number of sulfone groups is 2. The van der Waals surface area contributed by atoms with Gasteiger partial charge in [0.1, 0.15) is 5.82 Å². The lowest BCUT2D eigenvalue weighted by Crippen LogP contribution is -2.52. The van der Waals surface area contributed by atoms with E-state index in [0.717, 1.165) is 8.61 Å². The minimum absolute atomic E-state index is 0.00628. The smallest absolute Gasteiger partial charge is 0.475 e. The van der Waals surface area contributed by atoms with Crippen molar-refractivity contribution in [2.24, 2.45) is 5.73 Å². The third-order valence-electron chi connectivity index (χ3n) is 6.64. The van der Waals surface area contributed by atoms with Crippen LogP contribution in [0.15, 0.2) is 47.6 Å². The van der Waals surface area contributed by atoms with Gasteiger partial charge in [-0.15, -0.1) is 0 Å². The highest BCUT2D eigenvalue weighted by molar-refractivity contribution is 7.92. The first kappa shape index (κ1) is 33.8. The highest BCUT2D eigenvalue weighted by Gasteiger charge is 2.45. The number of pyridine rings is 1. The van der Waals surface area contributed by atoms with Crippen molar-refractivity contribution in [1.82, 2.24) is 13.6 Å². The van der Waals surface area contributed by atoms with Crippen molar-refractivity contribution in [3.63, 3.8) is 0 Å². The molecule has 0 spiro atoms. The number of aromatic nitrogens is 1. The molecule has 0 radical (unpaired) electrons. The highest BCUT2D eigenvalue weighted by Crippen LogP contribution is 2.36. The normalized spacial score (nSPS) is 21.8. The SMILES string of the molecule is NCc1ccnc(S(=O)(=O)C[C@H]2C[C@@H](c3ccc(F)cc3)CN2S(=O)(=O)N2CCS(=O)(=O)CC2)c1.O=C(O)C(F)(F)F. The maximum Gasteiger partial charge on any atom is 0.490 e. The van der Waals surface area contributed by atoms with Crippen molar-refractivity contribution in [3.05, 3.63) is 59.5 Å². The number of carboxylic acid groups (broad SMARTS) is 1. The molecule has 234 valence electrons. The Balaban J connectivity index is 0.000000616. The maximum atomic E-state index is 13.5. The van der Waals surface area contributed by atoms with Gasteiger partial charge in [-0.25, -0.2) is 31.0 Å². The number of hydrogen-bond acceptors (Lipinski definition) is 9. The molecule has 0 aliphatic carbocycles. The molecule has 2 atom stereocenters. The quantitative estimate of drug-likeness (QED) is 0.405. The fourth-order valence-electron chi connectivity index (χ4n) is 4.46. The fourth-order valence-corrected chi connectivity index (χ4v) is 9.38. The Labute approximate surface area is 240 Å². The monoisotopic (exact) mass is 660 g/mol. The van der Waals surface area contributed by atoms with Gasteiger partial charge < -0.3 is 10.8 Å². The van der Waals surface area contributed by atoms with Crippen LogP contribution in [0.5, 0.6) is 0 Å². The van der Waals surface area contributed by atoms with Crippen LogP contribution in [0.2, 0.25) is 0 Å². The number of benzene rings is 1. The molecule has 3 heterocycles. The number of rotatable bonds is 7. The average molecular weight is 661 g/mol. The Morgan fingerprint density at radius 2 is 1.64 bits per heavy atom. The number of carboxylic acids is 1. The van der Waals surface area contributed by atoms with Crippen LogP contribution >= 0.6 is 0 Å². The molecule has 19 heteroatoms. The summed E-state index contributed by atoms with van der Waals surface area (Å²) in [5.41, 5.74) is 6.88. The second-order valence-electron chi connectivity index (χ2n) is 9.56. The molecular formula is C23H28F4N4O8S3. The van der Waals surface area contributed by atoms with E-state index in [9.17, 15) is 42.8 Å². The summed E-state index contributed by atoms with van der Waals surface area (Å²) >= 11 is 0. The van der Waals surface area contributed by atoms with Crippen LogP contribution in [0.3, 0.4) is 0 Å². The van der Waals surface area contributed by atoms with Gasteiger partial charge in [0, 0.05) is 38.4 Å². The van der Waals surface area contributed by atoms with Crippen LogP contribution in [-0.2, 0) is 41.2 Å². The van der Waals surface area contributed by atoms with Crippen molar-refractivity contribution >= 4 is 35.9 Å². The van der Waals surface area contributed by atoms with Crippen LogP contribution in [0, 0.1) is 5.82 Å². The van der Waals surface area contributed by atoms with Crippen LogP contribution in [-0.4, -0.2) is 99.0 Å². The van der Waals surface area contributed by atoms with Crippen molar-refractivity contribution in [1.29, 1.82) is 0 Å². The molecule has 0 bridgehead atoms. The van der Waals surface area contributed by atoms with Gasteiger partial charge in [0.15, 0.2) is 24.7 Å². The van der Waals surface area contributed by atoms with E-state index in [-0.39, 0.29) is 55.0 Å². The largest absolute Gasteiger partial charge is 0.490 e. The van der Waals surface area contributed by atoms with Crippen LogP contribution in [0.4, 0.5) is 17.6 Å². The number of alkyl halides is 3. The summed E-state index contributed by atoms with van der Waals surface area (Å²) in [4.78, 5) is 12.8. The van der Waals surface area contributed by atoms with E-state index in [1.165, 1.54) is 24.4 Å². The van der Waals surface area contributed by atoms with E-state index in [0.29, 0.717) is 11.1 Å². The van der Waals surface area contributed by atoms with Gasteiger partial charge >= 0.3 is 12.1 Å². The first-order valence-corrected chi connectivity index (χ1v) is 17.1. The topological polar surface area (TPSA) is 185 Å². The Bertz CT molecular complexity index is 1590. The van der Waals surface area contributed by atoms with Crippen LogP contribution in [0.1, 0.15) is 23.5 Å². The number of aliphatic carboxylic acids is 1. The number of hydrogen-bond donors (Lipinski definition) is 2. The number of nitrogens with two attached hydrogens (primary N) is 1. The first-order valence-electron chi connectivity index (χ1n) is 12.3. The van der Waals surface area contributed by atoms with Crippen LogP contribution in [0.25, 0.3) is 0 Å². The zero-order valence-corrected chi connectivity index (χ0v) is 24.3. The van der Waals surface area contributed by atoms with Crippen molar-refractivity contribution in [2.45, 2.75) is 36.1 Å². The summed E-state index contributed by atoms with van der Waals surface area (Å²) < 4.78 is 125. The van der Waals surface area contributed by atoms with E-state index in [4.69, 9.17) is 15.6 Å². The third kappa shape index (κ3) is 8.44. The summed E-state index contributed by atoms with van der Waals surface area (Å²) in [5.74, 6) is -4.64. The molecule has 1 aromatic heterocycles. The molecular weight excluding hydrogens is 632 g/mol. The minimum atomic E-state index is -5.08. The predicted molar refractivity (Wildman–Crippen MR) is 141 cm³/mol. The van der Waals surface area contributed by atoms with Gasteiger partial charge in [-0.1, -0.05) is 12.1 Å². The molecule has 2 fully saturated rings. The van der Waals surface area contributed by atoms with E-state index in [1.807, 2.05) is 0 Å². The summed E-state index contributed by atoms with van der Waals surface area (Å²) in [7, 11) is -11.4. The lowest BCUT2D eigenvalue weighted by Gasteiger charge is -2.32. The third-order valence-corrected chi connectivity index (χ3v) is 12.0. The molecule has 0 unspecified atom stereocenters. The summed E-state index contributed by atoms with van der Waals surface area (Å²) in [6, 6.07) is 7.72. The standard InChI is InChI=1S/C21H27FN4O6S3.C2HF3O2/c22-19-3-1-17(2-4-19)18-12-20(15-34(29,30)21-11-16(13-23)5-6-24-21)26(14-18)35(31,32)25-7-9-33(27,28)10-8-25;3-2(4,5)1(6)7/h1-6,11,18,20H,7-10,12-15,23H2;(H,6,7)/t18-,20-;/m1./s1. The Morgan fingerprint density at radius 3 is 2.17 bits per heavy atom. The van der Waals surface area contributed by atoms with Gasteiger partial charge in [-0.3, -0.25) is 0 Å². The summed E-state index contributed by atoms with van der Waals surface area (Å²) in [5, 5.41) is 6.94. The number of carbonyl (C=O) groups is 1. The molecule has 4 rings (SSSR count). The van der Waals surface area contributed by atoms with E-state index < -0.39 is 59.6 Å². The molecule has 2 aliphatic heterocycles. The van der Waals surface area contributed by atoms with Crippen LogP contribution < -0.4 is 5.73 Å². The molecule has 3 N–H and O–H groups in total. The molecule has 12 nitrogen and oxygen atoms in total. The molecule has 0 saturated carbocycles. The highest BCUT2D eigenvalue weighted by atomic mass is 32.2. The van der Waals surface area contributed by atoms with E-state index >= 15 is 0 Å². The minimum Gasteiger partial charge on any atom is -0.475 e. The lowest BCUT2D eigenvalue weighted by molar-refractivity contribution is -0.192. The first-order chi connectivity index (χ1) is 19.4. The van der Waals surface area contributed by atoms with Gasteiger partial charge in [-0.05, 0) is 47.7 Å². The second kappa shape index (κ2) is 12.9. The van der Waals surface area contributed by atoms with Gasteiger partial charge in [0.05, 0.1) is 17.3 Å². The lowest BCUT2D eigenvalue weighted by atomic mass is 9.97. The summed E-state index contributed by atoms with van der Waals surface area (Å²) in [6.07, 6.45) is -3.54. The van der Waals surface area contributed by atoms with Gasteiger partial charge in [-0.2, -0.15) is 30.2 Å². The fraction of sp³-hybridized carbons (Fsp3) is 0.478. The number of halogens is 4. The zero-order chi connectivity index (χ0) is 31.5. The van der Waals surface area contributed by atoms with Crippen molar-refractivity contribution < 1.29 is 52.7 Å². The zero-order valence-electron chi connectivity index (χ0n) is 21.8. The second-order valence-corrected chi connectivity index (χ2v) is 15.7. The van der Waals surface area contributed by atoms with Gasteiger partial charge in [0.25, 0.3) is 10.2 Å². The maximum absolute atomic E-state index is 13.5. The van der Waals surface area contributed by atoms with E-state index in [1.54, 1.807) is 18.2 Å². The van der Waals surface area contributed by atoms with Crippen molar-refractivity contribution in [3.8, 4) is 0 Å². The van der Waals surface area contributed by atoms with Crippen molar-refractivity contribution in [2.75, 3.05) is 36.9 Å². The summed E-state index contributed by atoms with van der Waals surface area (Å²) in [6.45, 7) is -0.267. The molecule has 42 heavy (non-hydrogen) atoms. The molecule has 2 aliphatic rings. The molecule has 2 saturated heterocycles. The Morgan fingerprint density at radius 1 is 1.07 bits per heavy atom. The Hall–Kier alpha value is -2.71. The predicted octanol–water partition coefficient (Wildman–Crippen LogP) is 0.920. The Kier molecular flexibility index (Phi) is 10.4. The van der Waals surface area contributed by atoms with Gasteiger partial charge in [0.2, 0.25) is 0 Å². The average Bonchev–Trinajstić information content (AvgIpc) is 3.32. The molecule has 0 amide bonds. The van der Waals surface area contributed by atoms with E-state index in [2.05, 4.69) is 4.98 Å². The molecule has 2 aromatic rings.